The van der Waals surface area contributed by atoms with Crippen LogP contribution in [0.5, 0.6) is 5.75 Å². The third-order valence-electron chi connectivity index (χ3n) is 4.66. The first-order valence-electron chi connectivity index (χ1n) is 9.28. The number of nitrogens with one attached hydrogen (secondary N) is 1. The van der Waals surface area contributed by atoms with Crippen LogP contribution in [0.1, 0.15) is 37.4 Å². The van der Waals surface area contributed by atoms with Gasteiger partial charge < -0.3 is 10.1 Å². The fraction of sp³-hybridized carbons (Fsp3) is 0.381. The zero-order valence-corrected chi connectivity index (χ0v) is 18.8. The van der Waals surface area contributed by atoms with Gasteiger partial charge in [-0.2, -0.15) is 0 Å². The average Bonchev–Trinajstić information content (AvgIpc) is 2.65. The minimum absolute atomic E-state index is 0.266. The summed E-state index contributed by atoms with van der Waals surface area (Å²) in [5.41, 5.74) is 2.37. The Morgan fingerprint density at radius 2 is 1.83 bits per heavy atom. The Balaban J connectivity index is 2.34. The number of hydrogen-bond acceptors (Lipinski definition) is 4. The third kappa shape index (κ3) is 5.64. The van der Waals surface area contributed by atoms with E-state index in [0.29, 0.717) is 17.9 Å². The van der Waals surface area contributed by atoms with Crippen LogP contribution >= 0.6 is 11.6 Å². The normalized spacial score (nSPS) is 13.4. The largest absolute Gasteiger partial charge is 0.495 e. The van der Waals surface area contributed by atoms with Crippen molar-refractivity contribution in [2.75, 3.05) is 17.7 Å². The second kappa shape index (κ2) is 9.50. The molecule has 6 nitrogen and oxygen atoms in total. The van der Waals surface area contributed by atoms with E-state index in [4.69, 9.17) is 16.3 Å². The van der Waals surface area contributed by atoms with Crippen LogP contribution in [0.3, 0.4) is 0 Å². The van der Waals surface area contributed by atoms with Gasteiger partial charge in [-0.25, -0.2) is 8.42 Å². The third-order valence-corrected chi connectivity index (χ3v) is 6.13. The fourth-order valence-corrected chi connectivity index (χ4v) is 4.56. The molecule has 0 unspecified atom stereocenters. The molecule has 1 N–H and O–H groups in total. The van der Waals surface area contributed by atoms with Gasteiger partial charge in [0.1, 0.15) is 11.8 Å². The van der Waals surface area contributed by atoms with Gasteiger partial charge in [-0.15, -0.1) is 0 Å². The number of methoxy groups -OCH3 is 1. The summed E-state index contributed by atoms with van der Waals surface area (Å²) < 4.78 is 31.4. The highest BCUT2D eigenvalue weighted by molar-refractivity contribution is 7.92. The highest BCUT2D eigenvalue weighted by Crippen LogP contribution is 2.32. The first-order chi connectivity index (χ1) is 13.6. The molecule has 1 amide bonds. The number of nitrogens with zero attached hydrogens (tertiary/aromatic N) is 1. The maximum absolute atomic E-state index is 13.0. The minimum atomic E-state index is -3.74. The number of benzene rings is 2. The Hall–Kier alpha value is -2.25. The first kappa shape index (κ1) is 23.0. The highest BCUT2D eigenvalue weighted by atomic mass is 35.5. The summed E-state index contributed by atoms with van der Waals surface area (Å²) >= 11 is 6.18. The lowest BCUT2D eigenvalue weighted by Crippen LogP contribution is -2.49. The molecule has 0 bridgehead atoms. The standard InChI is InChI=1S/C21H27ClN2O4S/c1-6-19(21(25)23-15(3)16-9-7-14(2)8-10-16)24(29(5,26)27)17-11-12-20(28-4)18(22)13-17/h7-13,15,19H,6H2,1-5H3,(H,23,25)/t15-,19+/m1/s1. The van der Waals surface area contributed by atoms with Crippen molar-refractivity contribution in [3.8, 4) is 5.75 Å². The van der Waals surface area contributed by atoms with E-state index in [0.717, 1.165) is 21.7 Å². The lowest BCUT2D eigenvalue weighted by Gasteiger charge is -2.31. The van der Waals surface area contributed by atoms with Gasteiger partial charge in [0.05, 0.1) is 30.1 Å². The number of sulfonamides is 1. The van der Waals surface area contributed by atoms with Crippen molar-refractivity contribution in [3.05, 3.63) is 58.6 Å². The van der Waals surface area contributed by atoms with E-state index in [1.165, 1.54) is 13.2 Å². The van der Waals surface area contributed by atoms with Crippen LogP contribution in [0.4, 0.5) is 5.69 Å². The van der Waals surface area contributed by atoms with E-state index >= 15 is 0 Å². The summed E-state index contributed by atoms with van der Waals surface area (Å²) in [4.78, 5) is 13.0. The van der Waals surface area contributed by atoms with Gasteiger partial charge in [0.15, 0.2) is 0 Å². The van der Waals surface area contributed by atoms with Crippen molar-refractivity contribution in [1.82, 2.24) is 5.32 Å². The number of aryl methyl sites for hydroxylation is 1. The zero-order chi connectivity index (χ0) is 21.8. The van der Waals surface area contributed by atoms with Gasteiger partial charge in [0.2, 0.25) is 15.9 Å². The van der Waals surface area contributed by atoms with Crippen molar-refractivity contribution in [1.29, 1.82) is 0 Å². The molecule has 0 aliphatic heterocycles. The molecule has 2 aromatic rings. The van der Waals surface area contributed by atoms with E-state index in [1.807, 2.05) is 38.1 Å². The van der Waals surface area contributed by atoms with Crippen LogP contribution in [-0.2, 0) is 14.8 Å². The van der Waals surface area contributed by atoms with Gasteiger partial charge in [-0.1, -0.05) is 48.4 Å². The summed E-state index contributed by atoms with van der Waals surface area (Å²) in [7, 11) is -2.27. The van der Waals surface area contributed by atoms with Gasteiger partial charge in [0.25, 0.3) is 0 Å². The maximum Gasteiger partial charge on any atom is 0.244 e. The molecular weight excluding hydrogens is 412 g/mol. The monoisotopic (exact) mass is 438 g/mol. The summed E-state index contributed by atoms with van der Waals surface area (Å²) in [6.45, 7) is 5.62. The molecule has 0 saturated heterocycles. The number of rotatable bonds is 8. The Labute approximate surface area is 177 Å². The highest BCUT2D eigenvalue weighted by Gasteiger charge is 2.32. The SMILES string of the molecule is CC[C@@H](C(=O)N[C@H](C)c1ccc(C)cc1)N(c1ccc(OC)c(Cl)c1)S(C)(=O)=O. The molecule has 29 heavy (non-hydrogen) atoms. The number of carbonyl (C=O) groups is 1. The Morgan fingerprint density at radius 1 is 1.21 bits per heavy atom. The quantitative estimate of drug-likeness (QED) is 0.673. The van der Waals surface area contributed by atoms with Crippen LogP contribution < -0.4 is 14.4 Å². The van der Waals surface area contributed by atoms with Crippen LogP contribution in [0, 0.1) is 6.92 Å². The smallest absolute Gasteiger partial charge is 0.244 e. The Kier molecular flexibility index (Phi) is 7.54. The number of halogens is 1. The molecule has 0 aliphatic carbocycles. The van der Waals surface area contributed by atoms with Crippen LogP contribution in [0.15, 0.2) is 42.5 Å². The van der Waals surface area contributed by atoms with E-state index in [1.54, 1.807) is 19.1 Å². The number of hydrogen-bond donors (Lipinski definition) is 1. The second-order valence-electron chi connectivity index (χ2n) is 6.94. The number of amides is 1. The molecule has 0 aromatic heterocycles. The molecule has 158 valence electrons. The van der Waals surface area contributed by atoms with Crippen molar-refractivity contribution in [3.63, 3.8) is 0 Å². The van der Waals surface area contributed by atoms with E-state index < -0.39 is 16.1 Å². The van der Waals surface area contributed by atoms with Gasteiger partial charge in [-0.3, -0.25) is 9.10 Å². The van der Waals surface area contributed by atoms with Gasteiger partial charge in [-0.05, 0) is 44.0 Å². The molecule has 2 atom stereocenters. The average molecular weight is 439 g/mol. The van der Waals surface area contributed by atoms with Crippen molar-refractivity contribution < 1.29 is 17.9 Å². The summed E-state index contributed by atoms with van der Waals surface area (Å²) in [6.07, 6.45) is 1.37. The molecule has 0 fully saturated rings. The molecule has 8 heteroatoms. The number of ether oxygens (including phenoxy) is 1. The van der Waals surface area contributed by atoms with Gasteiger partial charge in [0, 0.05) is 0 Å². The van der Waals surface area contributed by atoms with Crippen LogP contribution in [-0.4, -0.2) is 33.7 Å². The molecule has 2 aromatic carbocycles. The predicted molar refractivity (Wildman–Crippen MR) is 117 cm³/mol. The first-order valence-corrected chi connectivity index (χ1v) is 11.5. The molecule has 2 rings (SSSR count). The molecular formula is C21H27ClN2O4S. The van der Waals surface area contributed by atoms with E-state index in [2.05, 4.69) is 5.32 Å². The lowest BCUT2D eigenvalue weighted by molar-refractivity contribution is -0.122. The second-order valence-corrected chi connectivity index (χ2v) is 9.21. The molecule has 0 aliphatic rings. The molecule has 0 radical (unpaired) electrons. The van der Waals surface area contributed by atoms with Crippen molar-refractivity contribution in [2.45, 2.75) is 39.3 Å². The number of carbonyl (C=O) groups excluding carboxylic acids is 1. The minimum Gasteiger partial charge on any atom is -0.495 e. The maximum atomic E-state index is 13.0. The Bertz CT molecular complexity index is 961. The van der Waals surface area contributed by atoms with Crippen molar-refractivity contribution >= 4 is 33.2 Å². The lowest BCUT2D eigenvalue weighted by atomic mass is 10.1. The predicted octanol–water partition coefficient (Wildman–Crippen LogP) is 4.08. The van der Waals surface area contributed by atoms with E-state index in [-0.39, 0.29) is 17.0 Å². The zero-order valence-electron chi connectivity index (χ0n) is 17.3. The topological polar surface area (TPSA) is 75.7 Å². The molecule has 0 spiro atoms. The molecule has 0 heterocycles. The molecule has 0 saturated carbocycles. The van der Waals surface area contributed by atoms with Crippen LogP contribution in [0.2, 0.25) is 5.02 Å². The van der Waals surface area contributed by atoms with Crippen molar-refractivity contribution in [2.24, 2.45) is 0 Å². The summed E-state index contributed by atoms with van der Waals surface area (Å²) in [6, 6.07) is 11.3. The summed E-state index contributed by atoms with van der Waals surface area (Å²) in [5.74, 6) is 0.0484. The van der Waals surface area contributed by atoms with Crippen LogP contribution in [0.25, 0.3) is 0 Å². The van der Waals surface area contributed by atoms with Gasteiger partial charge >= 0.3 is 0 Å². The Morgan fingerprint density at radius 3 is 2.31 bits per heavy atom. The van der Waals surface area contributed by atoms with E-state index in [9.17, 15) is 13.2 Å². The fourth-order valence-electron chi connectivity index (χ4n) is 3.10. The number of anilines is 1. The summed E-state index contributed by atoms with van der Waals surface area (Å²) in [5, 5.41) is 3.19.